The molecule has 1 aromatic carbocycles. The molecule has 1 atom stereocenters. The summed E-state index contributed by atoms with van der Waals surface area (Å²) in [6.45, 7) is 1.91. The molecule has 0 aliphatic carbocycles. The molecule has 1 aromatic rings. The van der Waals surface area contributed by atoms with Crippen LogP contribution in [0.25, 0.3) is 0 Å². The van der Waals surface area contributed by atoms with Gasteiger partial charge in [0.05, 0.1) is 24.3 Å². The highest BCUT2D eigenvalue weighted by atomic mass is 35.5. The van der Waals surface area contributed by atoms with Crippen LogP contribution >= 0.6 is 12.4 Å². The molecule has 3 rings (SSSR count). The predicted molar refractivity (Wildman–Crippen MR) is 98.7 cm³/mol. The van der Waals surface area contributed by atoms with Gasteiger partial charge in [-0.05, 0) is 24.6 Å². The van der Waals surface area contributed by atoms with Crippen LogP contribution in [0.4, 0.5) is 5.69 Å². The number of hydrogen-bond acceptors (Lipinski definition) is 7. The molecule has 4 amide bonds. The largest absolute Gasteiger partial charge is 0.383 e. The Kier molecular flexibility index (Phi) is 6.89. The first-order valence-corrected chi connectivity index (χ1v) is 8.40. The molecular weight excluding hydrogens is 376 g/mol. The summed E-state index contributed by atoms with van der Waals surface area (Å²) in [5, 5.41) is 5.28. The van der Waals surface area contributed by atoms with Crippen molar-refractivity contribution in [3.05, 3.63) is 29.3 Å². The van der Waals surface area contributed by atoms with E-state index in [9.17, 15) is 19.2 Å². The summed E-state index contributed by atoms with van der Waals surface area (Å²) in [4.78, 5) is 49.5. The van der Waals surface area contributed by atoms with Gasteiger partial charge in [0.1, 0.15) is 6.04 Å². The molecule has 0 bridgehead atoms. The van der Waals surface area contributed by atoms with Gasteiger partial charge in [-0.3, -0.25) is 29.4 Å². The normalized spacial score (nSPS) is 18.9. The van der Waals surface area contributed by atoms with Crippen molar-refractivity contribution in [1.29, 1.82) is 0 Å². The second-order valence-corrected chi connectivity index (χ2v) is 6.04. The van der Waals surface area contributed by atoms with Crippen LogP contribution in [0.3, 0.4) is 0 Å². The summed E-state index contributed by atoms with van der Waals surface area (Å²) in [6, 6.07) is 3.89. The lowest BCUT2D eigenvalue weighted by Gasteiger charge is -2.27. The number of imide groups is 2. The first-order valence-electron chi connectivity index (χ1n) is 8.40. The summed E-state index contributed by atoms with van der Waals surface area (Å²) in [6.07, 6.45) is 0.235. The van der Waals surface area contributed by atoms with Gasteiger partial charge in [0.15, 0.2) is 0 Å². The molecule has 0 saturated carbocycles. The van der Waals surface area contributed by atoms with Gasteiger partial charge in [0.2, 0.25) is 11.8 Å². The quantitative estimate of drug-likeness (QED) is 0.433. The highest BCUT2D eigenvalue weighted by Gasteiger charge is 2.44. The van der Waals surface area contributed by atoms with E-state index < -0.39 is 29.7 Å². The fraction of sp³-hybridized carbons (Fsp3) is 0.412. The van der Waals surface area contributed by atoms with E-state index in [4.69, 9.17) is 10.5 Å². The van der Waals surface area contributed by atoms with Crippen LogP contribution in [0.1, 0.15) is 33.6 Å². The molecule has 1 saturated heterocycles. The van der Waals surface area contributed by atoms with Crippen molar-refractivity contribution in [3.8, 4) is 0 Å². The number of carbonyl (C=O) groups excluding carboxylic acids is 4. The zero-order chi connectivity index (χ0) is 18.7. The van der Waals surface area contributed by atoms with Gasteiger partial charge in [-0.1, -0.05) is 0 Å². The third-order valence-electron chi connectivity index (χ3n) is 4.28. The summed E-state index contributed by atoms with van der Waals surface area (Å²) in [7, 11) is 0. The lowest BCUT2D eigenvalue weighted by atomic mass is 10.0. The fourth-order valence-electron chi connectivity index (χ4n) is 3.03. The van der Waals surface area contributed by atoms with E-state index in [1.165, 1.54) is 0 Å². The van der Waals surface area contributed by atoms with Crippen molar-refractivity contribution in [2.75, 3.05) is 31.6 Å². The van der Waals surface area contributed by atoms with Crippen molar-refractivity contribution in [1.82, 2.24) is 10.2 Å². The number of carbonyl (C=O) groups is 4. The van der Waals surface area contributed by atoms with Crippen molar-refractivity contribution in [2.24, 2.45) is 5.73 Å². The average Bonchev–Trinajstić information content (AvgIpc) is 2.86. The number of piperidine rings is 1. The molecule has 2 aliphatic rings. The molecule has 4 N–H and O–H groups in total. The molecule has 10 heteroatoms. The van der Waals surface area contributed by atoms with Crippen molar-refractivity contribution in [2.45, 2.75) is 18.9 Å². The van der Waals surface area contributed by atoms with E-state index in [0.29, 0.717) is 32.0 Å². The molecule has 2 aliphatic heterocycles. The first kappa shape index (κ1) is 20.8. The Morgan fingerprint density at radius 3 is 2.59 bits per heavy atom. The monoisotopic (exact) mass is 396 g/mol. The van der Waals surface area contributed by atoms with Crippen molar-refractivity contribution in [3.63, 3.8) is 0 Å². The minimum Gasteiger partial charge on any atom is -0.383 e. The van der Waals surface area contributed by atoms with Crippen LogP contribution < -0.4 is 16.4 Å². The van der Waals surface area contributed by atoms with Crippen molar-refractivity contribution >= 4 is 41.7 Å². The lowest BCUT2D eigenvalue weighted by Crippen LogP contribution is -2.54. The number of benzene rings is 1. The van der Waals surface area contributed by atoms with Gasteiger partial charge in [0.25, 0.3) is 11.8 Å². The van der Waals surface area contributed by atoms with Crippen LogP contribution in [0.15, 0.2) is 18.2 Å². The van der Waals surface area contributed by atoms with Gasteiger partial charge in [-0.15, -0.1) is 12.4 Å². The standard InChI is InChI=1S/C17H20N4O5.ClH/c18-5-7-26-8-6-19-10-1-2-11-12(9-10)17(25)21(16(11)24)13-3-4-14(22)20-15(13)23;/h1-2,9,13,19H,3-8,18H2,(H,20,22,23);1H. The van der Waals surface area contributed by atoms with Crippen LogP contribution in [0.5, 0.6) is 0 Å². The smallest absolute Gasteiger partial charge is 0.262 e. The number of rotatable bonds is 7. The molecule has 0 aromatic heterocycles. The maximum Gasteiger partial charge on any atom is 0.262 e. The predicted octanol–water partition coefficient (Wildman–Crippen LogP) is -0.103. The van der Waals surface area contributed by atoms with Gasteiger partial charge in [-0.25, -0.2) is 0 Å². The zero-order valence-electron chi connectivity index (χ0n) is 14.5. The Bertz CT molecular complexity index is 770. The van der Waals surface area contributed by atoms with Gasteiger partial charge < -0.3 is 15.8 Å². The zero-order valence-corrected chi connectivity index (χ0v) is 15.3. The van der Waals surface area contributed by atoms with Crippen LogP contribution in [0.2, 0.25) is 0 Å². The van der Waals surface area contributed by atoms with Gasteiger partial charge in [0, 0.05) is 25.2 Å². The molecule has 146 valence electrons. The third-order valence-corrected chi connectivity index (χ3v) is 4.28. The van der Waals surface area contributed by atoms with E-state index in [1.54, 1.807) is 18.2 Å². The topological polar surface area (TPSA) is 131 Å². The Labute approximate surface area is 162 Å². The second-order valence-electron chi connectivity index (χ2n) is 6.04. The van der Waals surface area contributed by atoms with Crippen LogP contribution in [0, 0.1) is 0 Å². The average molecular weight is 397 g/mol. The molecule has 0 radical (unpaired) electrons. The number of ether oxygens (including phenoxy) is 1. The maximum absolute atomic E-state index is 12.7. The molecule has 1 fully saturated rings. The molecule has 0 spiro atoms. The first-order chi connectivity index (χ1) is 12.5. The minimum atomic E-state index is -0.957. The second kappa shape index (κ2) is 8.94. The van der Waals surface area contributed by atoms with E-state index in [1.807, 2.05) is 0 Å². The molecule has 1 unspecified atom stereocenters. The minimum absolute atomic E-state index is 0. The van der Waals surface area contributed by atoms with E-state index in [0.717, 1.165) is 4.90 Å². The van der Waals surface area contributed by atoms with Crippen LogP contribution in [-0.4, -0.2) is 60.9 Å². The summed E-state index contributed by atoms with van der Waals surface area (Å²) < 4.78 is 5.26. The third kappa shape index (κ3) is 4.26. The highest BCUT2D eigenvalue weighted by molar-refractivity contribution is 6.23. The van der Waals surface area contributed by atoms with E-state index in [2.05, 4.69) is 10.6 Å². The Balaban J connectivity index is 0.00000261. The number of amides is 4. The maximum atomic E-state index is 12.7. The van der Waals surface area contributed by atoms with Gasteiger partial charge >= 0.3 is 0 Å². The number of anilines is 1. The SMILES string of the molecule is Cl.NCCOCCNc1ccc2c(c1)C(=O)N(C1CCC(=O)NC1=O)C2=O. The lowest BCUT2D eigenvalue weighted by molar-refractivity contribution is -0.136. The summed E-state index contributed by atoms with van der Waals surface area (Å²) in [5.74, 6) is -2.06. The molecule has 27 heavy (non-hydrogen) atoms. The number of nitrogens with zero attached hydrogens (tertiary/aromatic N) is 1. The van der Waals surface area contributed by atoms with Crippen molar-refractivity contribution < 1.29 is 23.9 Å². The Morgan fingerprint density at radius 2 is 1.89 bits per heavy atom. The van der Waals surface area contributed by atoms with E-state index >= 15 is 0 Å². The number of halogens is 1. The number of fused-ring (bicyclic) bond motifs is 1. The van der Waals surface area contributed by atoms with Gasteiger partial charge in [-0.2, -0.15) is 0 Å². The fourth-order valence-corrected chi connectivity index (χ4v) is 3.03. The number of nitrogens with one attached hydrogen (secondary N) is 2. The van der Waals surface area contributed by atoms with E-state index in [-0.39, 0.29) is 36.4 Å². The molecular formula is C17H21ClN4O5. The molecule has 2 heterocycles. The molecule has 9 nitrogen and oxygen atoms in total. The highest BCUT2D eigenvalue weighted by Crippen LogP contribution is 2.29. The Hall–Kier alpha value is -2.49. The number of nitrogens with two attached hydrogens (primary N) is 1. The number of hydrogen-bond donors (Lipinski definition) is 3. The Morgan fingerprint density at radius 1 is 1.15 bits per heavy atom. The van der Waals surface area contributed by atoms with Crippen LogP contribution in [-0.2, 0) is 14.3 Å². The summed E-state index contributed by atoms with van der Waals surface area (Å²) in [5.41, 5.74) is 6.51. The summed E-state index contributed by atoms with van der Waals surface area (Å²) >= 11 is 0.